The number of benzene rings is 1. The van der Waals surface area contributed by atoms with Crippen LogP contribution in [0.1, 0.15) is 19.8 Å². The number of ether oxygens (including phenoxy) is 1. The maximum absolute atomic E-state index is 12.7. The molecule has 1 rings (SSSR count). The summed E-state index contributed by atoms with van der Waals surface area (Å²) in [6.45, 7) is 2.61. The largest absolute Gasteiger partial charge is 0.493 e. The predicted octanol–water partition coefficient (Wildman–Crippen LogP) is 3.36. The third-order valence-corrected chi connectivity index (χ3v) is 1.76. The lowest BCUT2D eigenvalue weighted by atomic mass is 10.3. The molecule has 0 aliphatic heterocycles. The maximum Gasteiger partial charge on any atom is 0.134 e. The van der Waals surface area contributed by atoms with Gasteiger partial charge in [-0.1, -0.05) is 12.2 Å². The molecule has 1 aromatic rings. The van der Waals surface area contributed by atoms with Gasteiger partial charge in [-0.15, -0.1) is 0 Å². The third kappa shape index (κ3) is 4.08. The van der Waals surface area contributed by atoms with Crippen LogP contribution in [0, 0.1) is 11.9 Å². The van der Waals surface area contributed by atoms with E-state index >= 15 is 0 Å². The van der Waals surface area contributed by atoms with Gasteiger partial charge in [0.05, 0.1) is 6.61 Å². The van der Waals surface area contributed by atoms with E-state index in [1.165, 1.54) is 12.1 Å². The number of halogens is 1. The number of allylic oxidation sites excluding steroid dienone is 2. The van der Waals surface area contributed by atoms with E-state index in [2.05, 4.69) is 12.1 Å². The number of unbranched alkanes of at least 4 members (excludes halogenated alkanes) is 1. The zero-order chi connectivity index (χ0) is 10.2. The molecule has 1 nitrogen and oxygen atoms in total. The van der Waals surface area contributed by atoms with Crippen molar-refractivity contribution in [3.8, 4) is 5.75 Å². The Morgan fingerprint density at radius 1 is 1.57 bits per heavy atom. The molecule has 0 saturated carbocycles. The summed E-state index contributed by atoms with van der Waals surface area (Å²) in [7, 11) is 0. The van der Waals surface area contributed by atoms with Crippen molar-refractivity contribution in [1.82, 2.24) is 0 Å². The van der Waals surface area contributed by atoms with Crippen molar-refractivity contribution in [2.75, 3.05) is 6.61 Å². The van der Waals surface area contributed by atoms with Gasteiger partial charge < -0.3 is 4.74 Å². The van der Waals surface area contributed by atoms with Gasteiger partial charge in [-0.3, -0.25) is 0 Å². The zero-order valence-electron chi connectivity index (χ0n) is 8.29. The van der Waals surface area contributed by atoms with Crippen LogP contribution in [-0.4, -0.2) is 6.61 Å². The summed E-state index contributed by atoms with van der Waals surface area (Å²) in [5.41, 5.74) is 0. The van der Waals surface area contributed by atoms with Crippen LogP contribution in [0.25, 0.3) is 0 Å². The molecule has 0 amide bonds. The average molecular weight is 193 g/mol. The third-order valence-electron chi connectivity index (χ3n) is 1.76. The first-order chi connectivity index (χ1) is 6.83. The highest BCUT2D eigenvalue weighted by molar-refractivity contribution is 5.21. The molecule has 75 valence electrons. The molecule has 14 heavy (non-hydrogen) atoms. The number of hydrogen-bond acceptors (Lipinski definition) is 1. The van der Waals surface area contributed by atoms with E-state index in [0.717, 1.165) is 12.8 Å². The second-order valence-corrected chi connectivity index (χ2v) is 2.93. The summed E-state index contributed by atoms with van der Waals surface area (Å²) < 4.78 is 18.0. The topological polar surface area (TPSA) is 9.23 Å². The second-order valence-electron chi connectivity index (χ2n) is 2.93. The maximum atomic E-state index is 12.7. The van der Waals surface area contributed by atoms with Crippen LogP contribution in [0.15, 0.2) is 30.4 Å². The highest BCUT2D eigenvalue weighted by atomic mass is 19.1. The molecule has 0 aliphatic carbocycles. The first kappa shape index (κ1) is 10.8. The van der Waals surface area contributed by atoms with Crippen molar-refractivity contribution in [3.63, 3.8) is 0 Å². The fourth-order valence-corrected chi connectivity index (χ4v) is 1.07. The van der Waals surface area contributed by atoms with Gasteiger partial charge in [0, 0.05) is 12.1 Å². The van der Waals surface area contributed by atoms with E-state index in [1.54, 1.807) is 6.07 Å². The fourth-order valence-electron chi connectivity index (χ4n) is 1.07. The highest BCUT2D eigenvalue weighted by Gasteiger charge is 1.94. The van der Waals surface area contributed by atoms with Crippen molar-refractivity contribution in [2.45, 2.75) is 19.8 Å². The van der Waals surface area contributed by atoms with Gasteiger partial charge in [0.25, 0.3) is 0 Å². The summed E-state index contributed by atoms with van der Waals surface area (Å²) >= 11 is 0. The molecule has 0 fully saturated rings. The SMILES string of the molecule is C/C=C/CCCOc1cc[c]c(F)c1. The van der Waals surface area contributed by atoms with E-state index in [0.29, 0.717) is 12.4 Å². The molecule has 0 spiro atoms. The van der Waals surface area contributed by atoms with Crippen molar-refractivity contribution in [1.29, 1.82) is 0 Å². The standard InChI is InChI=1S/C12H14FO/c1-2-3-4-5-9-14-12-8-6-7-11(13)10-12/h2-3,6,8,10H,4-5,9H2,1H3/b3-2+. The normalized spacial score (nSPS) is 10.7. The number of hydrogen-bond donors (Lipinski definition) is 0. The molecule has 0 aliphatic rings. The Morgan fingerprint density at radius 3 is 3.14 bits per heavy atom. The Kier molecular flexibility index (Phi) is 4.76. The van der Waals surface area contributed by atoms with Gasteiger partial charge in [0.2, 0.25) is 0 Å². The minimum absolute atomic E-state index is 0.379. The zero-order valence-corrected chi connectivity index (χ0v) is 8.29. The molecule has 0 bridgehead atoms. The lowest BCUT2D eigenvalue weighted by Gasteiger charge is -2.04. The molecule has 0 heterocycles. The van der Waals surface area contributed by atoms with Crippen LogP contribution in [0.3, 0.4) is 0 Å². The Labute approximate surface area is 84.2 Å². The van der Waals surface area contributed by atoms with Gasteiger partial charge in [-0.05, 0) is 31.9 Å². The molecule has 0 N–H and O–H groups in total. The Balaban J connectivity index is 2.24. The Bertz CT molecular complexity index is 294. The van der Waals surface area contributed by atoms with Crippen molar-refractivity contribution in [2.24, 2.45) is 0 Å². The van der Waals surface area contributed by atoms with E-state index in [9.17, 15) is 4.39 Å². The Morgan fingerprint density at radius 2 is 2.43 bits per heavy atom. The molecule has 2 heteroatoms. The molecule has 0 aromatic heterocycles. The summed E-state index contributed by atoms with van der Waals surface area (Å²) in [5, 5.41) is 0. The Hall–Kier alpha value is -1.31. The van der Waals surface area contributed by atoms with Crippen LogP contribution in [0.5, 0.6) is 5.75 Å². The van der Waals surface area contributed by atoms with Crippen LogP contribution < -0.4 is 4.74 Å². The van der Waals surface area contributed by atoms with Crippen LogP contribution in [0.2, 0.25) is 0 Å². The van der Waals surface area contributed by atoms with Crippen LogP contribution in [0.4, 0.5) is 4.39 Å². The van der Waals surface area contributed by atoms with E-state index < -0.39 is 0 Å². The lowest BCUT2D eigenvalue weighted by molar-refractivity contribution is 0.310. The van der Waals surface area contributed by atoms with Gasteiger partial charge in [0.1, 0.15) is 11.6 Å². The van der Waals surface area contributed by atoms with Gasteiger partial charge >= 0.3 is 0 Å². The van der Waals surface area contributed by atoms with Crippen molar-refractivity contribution >= 4 is 0 Å². The summed E-state index contributed by atoms with van der Waals surface area (Å²) in [6, 6.07) is 7.00. The van der Waals surface area contributed by atoms with Gasteiger partial charge in [0.15, 0.2) is 0 Å². The minimum Gasteiger partial charge on any atom is -0.493 e. The summed E-state index contributed by atoms with van der Waals surface area (Å²) in [5.74, 6) is 0.192. The molecule has 0 saturated heterocycles. The molecule has 0 unspecified atom stereocenters. The van der Waals surface area contributed by atoms with Crippen molar-refractivity contribution in [3.05, 3.63) is 42.2 Å². The smallest absolute Gasteiger partial charge is 0.134 e. The van der Waals surface area contributed by atoms with Gasteiger partial charge in [-0.2, -0.15) is 0 Å². The second kappa shape index (κ2) is 6.19. The van der Waals surface area contributed by atoms with Gasteiger partial charge in [-0.25, -0.2) is 4.39 Å². The first-order valence-corrected chi connectivity index (χ1v) is 4.74. The highest BCUT2D eigenvalue weighted by Crippen LogP contribution is 2.11. The van der Waals surface area contributed by atoms with E-state index in [1.807, 2.05) is 13.0 Å². The van der Waals surface area contributed by atoms with Crippen LogP contribution in [-0.2, 0) is 0 Å². The molecule has 0 atom stereocenters. The van der Waals surface area contributed by atoms with Crippen molar-refractivity contribution < 1.29 is 9.13 Å². The monoisotopic (exact) mass is 193 g/mol. The summed E-state index contributed by atoms with van der Waals surface area (Å²) in [6.07, 6.45) is 6.04. The molecule has 1 aromatic carbocycles. The van der Waals surface area contributed by atoms with Crippen LogP contribution >= 0.6 is 0 Å². The lowest BCUT2D eigenvalue weighted by Crippen LogP contribution is -1.96. The summed E-state index contributed by atoms with van der Waals surface area (Å²) in [4.78, 5) is 0. The minimum atomic E-state index is -0.379. The molecular formula is C12H14FO. The van der Waals surface area contributed by atoms with E-state index in [-0.39, 0.29) is 5.82 Å². The average Bonchev–Trinajstić information content (AvgIpc) is 2.18. The quantitative estimate of drug-likeness (QED) is 0.514. The predicted molar refractivity (Wildman–Crippen MR) is 54.8 cm³/mol. The molecule has 1 radical (unpaired) electrons. The van der Waals surface area contributed by atoms with E-state index in [4.69, 9.17) is 4.74 Å². The number of rotatable bonds is 5. The molecular weight excluding hydrogens is 179 g/mol. The fraction of sp³-hybridized carbons (Fsp3) is 0.333. The first-order valence-electron chi connectivity index (χ1n) is 4.74.